The van der Waals surface area contributed by atoms with Gasteiger partial charge in [0.1, 0.15) is 17.1 Å². The first kappa shape index (κ1) is 27.3. The SMILES string of the molecule is C=CC(=O)N1CCC(n2nc(C#Cc3c(F)c(OC)nc(OC)c3F)c3c(N)ncc(CC4CCOCC4)c32)C1. The van der Waals surface area contributed by atoms with E-state index in [-0.39, 0.29) is 23.5 Å². The molecule has 1 amide bonds. The Balaban J connectivity index is 1.65. The lowest BCUT2D eigenvalue weighted by Crippen LogP contribution is -2.27. The zero-order valence-corrected chi connectivity index (χ0v) is 22.4. The normalized spacial score (nSPS) is 17.5. The molecule has 2 aliphatic rings. The number of halogens is 2. The summed E-state index contributed by atoms with van der Waals surface area (Å²) < 4.78 is 47.1. The van der Waals surface area contributed by atoms with E-state index in [2.05, 4.69) is 28.4 Å². The highest BCUT2D eigenvalue weighted by molar-refractivity contribution is 5.95. The van der Waals surface area contributed by atoms with Crippen molar-refractivity contribution in [2.24, 2.45) is 5.92 Å². The van der Waals surface area contributed by atoms with Gasteiger partial charge in [-0.05, 0) is 49.2 Å². The van der Waals surface area contributed by atoms with E-state index >= 15 is 0 Å². The Kier molecular flexibility index (Phi) is 7.84. The molecular formula is C28H30F2N6O4. The molecule has 0 saturated carbocycles. The van der Waals surface area contributed by atoms with Crippen molar-refractivity contribution in [2.45, 2.75) is 31.7 Å². The smallest absolute Gasteiger partial charge is 0.254 e. The van der Waals surface area contributed by atoms with E-state index in [1.54, 1.807) is 11.1 Å². The zero-order chi connectivity index (χ0) is 28.4. The molecular weight excluding hydrogens is 522 g/mol. The number of nitrogen functional groups attached to an aromatic ring is 1. The van der Waals surface area contributed by atoms with Gasteiger partial charge >= 0.3 is 0 Å². The van der Waals surface area contributed by atoms with Crippen molar-refractivity contribution in [2.75, 3.05) is 46.3 Å². The molecule has 0 spiro atoms. The number of amides is 1. The Labute approximate surface area is 230 Å². The Morgan fingerprint density at radius 2 is 1.90 bits per heavy atom. The van der Waals surface area contributed by atoms with Gasteiger partial charge in [-0.25, -0.2) is 4.98 Å². The molecule has 0 radical (unpaired) electrons. The quantitative estimate of drug-likeness (QED) is 0.366. The second-order valence-electron chi connectivity index (χ2n) is 9.76. The molecule has 2 N–H and O–H groups in total. The van der Waals surface area contributed by atoms with E-state index in [9.17, 15) is 13.6 Å². The third-order valence-corrected chi connectivity index (χ3v) is 7.39. The van der Waals surface area contributed by atoms with Crippen LogP contribution in [0.3, 0.4) is 0 Å². The maximum atomic E-state index is 15.0. The van der Waals surface area contributed by atoms with E-state index in [4.69, 9.17) is 25.0 Å². The van der Waals surface area contributed by atoms with Crippen LogP contribution in [-0.4, -0.2) is 71.1 Å². The molecule has 2 aliphatic heterocycles. The molecule has 2 fully saturated rings. The van der Waals surface area contributed by atoms with Crippen LogP contribution in [0.5, 0.6) is 11.8 Å². The largest absolute Gasteiger partial charge is 0.479 e. The number of carbonyl (C=O) groups is 1. The van der Waals surface area contributed by atoms with Crippen LogP contribution >= 0.6 is 0 Å². The zero-order valence-electron chi connectivity index (χ0n) is 22.4. The number of pyridine rings is 2. The summed E-state index contributed by atoms with van der Waals surface area (Å²) >= 11 is 0. The summed E-state index contributed by atoms with van der Waals surface area (Å²) in [6.07, 6.45) is 6.27. The Bertz CT molecular complexity index is 1490. The van der Waals surface area contributed by atoms with Crippen molar-refractivity contribution in [1.29, 1.82) is 0 Å². The fraction of sp³-hybridized carbons (Fsp3) is 0.429. The average Bonchev–Trinajstić information content (AvgIpc) is 3.61. The van der Waals surface area contributed by atoms with Crippen LogP contribution in [0.1, 0.15) is 42.1 Å². The van der Waals surface area contributed by atoms with E-state index in [0.29, 0.717) is 44.0 Å². The van der Waals surface area contributed by atoms with Crippen molar-refractivity contribution in [3.05, 3.63) is 47.3 Å². The molecule has 5 rings (SSSR count). The van der Waals surface area contributed by atoms with Gasteiger partial charge < -0.3 is 24.8 Å². The molecule has 1 atom stereocenters. The summed E-state index contributed by atoms with van der Waals surface area (Å²) in [6.45, 7) is 5.95. The number of likely N-dealkylation sites (tertiary alicyclic amines) is 1. The molecule has 210 valence electrons. The number of aromatic nitrogens is 4. The van der Waals surface area contributed by atoms with Crippen LogP contribution in [0.15, 0.2) is 18.9 Å². The minimum atomic E-state index is -1.06. The average molecular weight is 553 g/mol. The minimum Gasteiger partial charge on any atom is -0.479 e. The highest BCUT2D eigenvalue weighted by atomic mass is 19.1. The summed E-state index contributed by atoms with van der Waals surface area (Å²) in [4.78, 5) is 22.1. The Morgan fingerprint density at radius 3 is 2.55 bits per heavy atom. The van der Waals surface area contributed by atoms with Gasteiger partial charge in [-0.3, -0.25) is 9.48 Å². The Hall–Kier alpha value is -4.24. The third-order valence-electron chi connectivity index (χ3n) is 7.39. The molecule has 10 nitrogen and oxygen atoms in total. The highest BCUT2D eigenvalue weighted by Crippen LogP contribution is 2.34. The number of nitrogens with zero attached hydrogens (tertiary/aromatic N) is 5. The maximum absolute atomic E-state index is 15.0. The van der Waals surface area contributed by atoms with Crippen molar-refractivity contribution in [1.82, 2.24) is 24.6 Å². The summed E-state index contributed by atoms with van der Waals surface area (Å²) in [7, 11) is 2.42. The summed E-state index contributed by atoms with van der Waals surface area (Å²) in [5.74, 6) is 2.78. The predicted molar refractivity (Wildman–Crippen MR) is 143 cm³/mol. The molecule has 0 aliphatic carbocycles. The molecule has 0 bridgehead atoms. The summed E-state index contributed by atoms with van der Waals surface area (Å²) in [5.41, 5.74) is 7.70. The molecule has 12 heteroatoms. The number of carbonyl (C=O) groups excluding carboxylic acids is 1. The molecule has 2 saturated heterocycles. The number of rotatable bonds is 6. The molecule has 0 aromatic carbocycles. The number of methoxy groups -OCH3 is 2. The first-order chi connectivity index (χ1) is 19.4. The van der Waals surface area contributed by atoms with Gasteiger partial charge in [0, 0.05) is 32.5 Å². The number of ether oxygens (including phenoxy) is 3. The van der Waals surface area contributed by atoms with Crippen LogP contribution in [-0.2, 0) is 16.0 Å². The van der Waals surface area contributed by atoms with Crippen molar-refractivity contribution in [3.63, 3.8) is 0 Å². The molecule has 5 heterocycles. The molecule has 40 heavy (non-hydrogen) atoms. The maximum Gasteiger partial charge on any atom is 0.254 e. The van der Waals surface area contributed by atoms with Gasteiger partial charge in [0.15, 0.2) is 0 Å². The second-order valence-corrected chi connectivity index (χ2v) is 9.76. The number of nitrogens with two attached hydrogens (primary N) is 1. The van der Waals surface area contributed by atoms with E-state index in [0.717, 1.165) is 30.3 Å². The number of anilines is 1. The van der Waals surface area contributed by atoms with Gasteiger partial charge in [0.05, 0.1) is 31.2 Å². The van der Waals surface area contributed by atoms with Crippen molar-refractivity contribution >= 4 is 22.6 Å². The first-order valence-electron chi connectivity index (χ1n) is 13.0. The number of hydrogen-bond donors (Lipinski definition) is 1. The van der Waals surface area contributed by atoms with Gasteiger partial charge in [0.25, 0.3) is 11.8 Å². The van der Waals surface area contributed by atoms with E-state index in [1.165, 1.54) is 20.3 Å². The topological polar surface area (TPSA) is 118 Å². The van der Waals surface area contributed by atoms with Crippen LogP contribution in [0.4, 0.5) is 14.6 Å². The van der Waals surface area contributed by atoms with E-state index < -0.39 is 29.0 Å². The van der Waals surface area contributed by atoms with Crippen LogP contribution in [0.2, 0.25) is 0 Å². The van der Waals surface area contributed by atoms with Gasteiger partial charge in [0.2, 0.25) is 17.5 Å². The molecule has 3 aromatic heterocycles. The minimum absolute atomic E-state index is 0.158. The second kappa shape index (κ2) is 11.5. The fourth-order valence-corrected chi connectivity index (χ4v) is 5.29. The number of hydrogen-bond acceptors (Lipinski definition) is 8. The highest BCUT2D eigenvalue weighted by Gasteiger charge is 2.31. The fourth-order valence-electron chi connectivity index (χ4n) is 5.29. The molecule has 1 unspecified atom stereocenters. The van der Waals surface area contributed by atoms with Crippen molar-refractivity contribution in [3.8, 4) is 23.6 Å². The van der Waals surface area contributed by atoms with Gasteiger partial charge in [-0.15, -0.1) is 0 Å². The third kappa shape index (κ3) is 5.04. The Morgan fingerprint density at radius 1 is 1.20 bits per heavy atom. The lowest BCUT2D eigenvalue weighted by Gasteiger charge is -2.23. The lowest BCUT2D eigenvalue weighted by atomic mass is 9.92. The monoisotopic (exact) mass is 552 g/mol. The van der Waals surface area contributed by atoms with Gasteiger partial charge in [-0.1, -0.05) is 12.5 Å². The summed E-state index contributed by atoms with van der Waals surface area (Å²) in [6, 6.07) is -0.160. The predicted octanol–water partition coefficient (Wildman–Crippen LogP) is 3.03. The standard InChI is InChI=1S/C28H30F2N6O4/c1-4-21(37)35-10-7-18(15-35)36-25-17(13-16-8-11-40-12-9-16)14-32-26(31)22(25)20(34-36)6-5-19-23(29)27(38-2)33-28(39-3)24(19)30/h4,14,16,18H,1,7-13,15H2,2-3H3,(H2,31,32). The van der Waals surface area contributed by atoms with Crippen LogP contribution in [0, 0.1) is 29.4 Å². The van der Waals surface area contributed by atoms with Crippen molar-refractivity contribution < 1.29 is 27.8 Å². The molecule has 3 aromatic rings. The van der Waals surface area contributed by atoms with Crippen LogP contribution < -0.4 is 15.2 Å². The van der Waals surface area contributed by atoms with Crippen LogP contribution in [0.25, 0.3) is 10.9 Å². The summed E-state index contributed by atoms with van der Waals surface area (Å²) in [5, 5.41) is 5.28. The lowest BCUT2D eigenvalue weighted by molar-refractivity contribution is -0.125. The first-order valence-corrected chi connectivity index (χ1v) is 13.0. The van der Waals surface area contributed by atoms with E-state index in [1.807, 2.05) is 4.68 Å². The van der Waals surface area contributed by atoms with Gasteiger partial charge in [-0.2, -0.15) is 18.9 Å². The number of fused-ring (bicyclic) bond motifs is 1.